The first kappa shape index (κ1) is 22.8. The van der Waals surface area contributed by atoms with Crippen LogP contribution in [-0.2, 0) is 14.3 Å². The molecule has 1 N–H and O–H groups in total. The van der Waals surface area contributed by atoms with E-state index < -0.39 is 35.1 Å². The van der Waals surface area contributed by atoms with Gasteiger partial charge in [-0.2, -0.15) is 0 Å². The summed E-state index contributed by atoms with van der Waals surface area (Å²) in [5.41, 5.74) is 3.29. The second kappa shape index (κ2) is 9.50. The van der Waals surface area contributed by atoms with Crippen molar-refractivity contribution in [1.82, 2.24) is 15.3 Å². The summed E-state index contributed by atoms with van der Waals surface area (Å²) in [5.74, 6) is -0.680. The lowest BCUT2D eigenvalue weighted by Gasteiger charge is -2.31. The Kier molecular flexibility index (Phi) is 6.76. The van der Waals surface area contributed by atoms with Crippen LogP contribution in [0.2, 0.25) is 0 Å². The normalized spacial score (nSPS) is 20.9. The minimum Gasteiger partial charge on any atom is -0.449 e. The number of hydrogen-bond donors (Lipinski definition) is 1. The van der Waals surface area contributed by atoms with E-state index in [-0.39, 0.29) is 24.8 Å². The van der Waals surface area contributed by atoms with Gasteiger partial charge in [0.25, 0.3) is 5.69 Å². The van der Waals surface area contributed by atoms with Gasteiger partial charge in [-0.25, -0.2) is 20.0 Å². The molecule has 1 aliphatic carbocycles. The number of benzene rings is 1. The third-order valence-corrected chi connectivity index (χ3v) is 5.14. The predicted molar refractivity (Wildman–Crippen MR) is 113 cm³/mol. The van der Waals surface area contributed by atoms with Gasteiger partial charge in [0.15, 0.2) is 0 Å². The Labute approximate surface area is 184 Å². The van der Waals surface area contributed by atoms with E-state index in [1.165, 1.54) is 24.0 Å². The van der Waals surface area contributed by atoms with Crippen LogP contribution in [0.5, 0.6) is 0 Å². The lowest BCUT2D eigenvalue weighted by molar-refractivity contribution is -0.384. The molecule has 0 spiro atoms. The Bertz CT molecular complexity index is 990. The zero-order valence-electron chi connectivity index (χ0n) is 17.9. The largest absolute Gasteiger partial charge is 0.449 e. The minimum atomic E-state index is -0.818. The highest BCUT2D eigenvalue weighted by Gasteiger charge is 2.46. The standard InChI is InChI=1S/C21H24N4O7/c1-4-31-20(27)22-24(21(28)32-5-2)18-10-9-17-16(18)12-19(23(17)13(3)26)14-7-6-8-15(11-14)25(29)30/h6-12,16-18H,4-5H2,1-3H3,(H,22,27)/t16-,17-,18?/m1/s1. The molecule has 11 heteroatoms. The lowest BCUT2D eigenvalue weighted by atomic mass is 9.99. The van der Waals surface area contributed by atoms with Crippen molar-refractivity contribution < 1.29 is 28.8 Å². The van der Waals surface area contributed by atoms with Crippen molar-refractivity contribution in [3.8, 4) is 0 Å². The number of nitrogens with zero attached hydrogens (tertiary/aromatic N) is 3. The van der Waals surface area contributed by atoms with Gasteiger partial charge in [0.05, 0.1) is 30.2 Å². The van der Waals surface area contributed by atoms with E-state index >= 15 is 0 Å². The fourth-order valence-electron chi connectivity index (χ4n) is 3.91. The summed E-state index contributed by atoms with van der Waals surface area (Å²) in [6, 6.07) is 4.87. The molecule has 3 rings (SSSR count). The van der Waals surface area contributed by atoms with Crippen molar-refractivity contribution in [2.24, 2.45) is 5.92 Å². The van der Waals surface area contributed by atoms with Crippen molar-refractivity contribution in [3.63, 3.8) is 0 Å². The number of carbonyl (C=O) groups is 3. The molecule has 170 valence electrons. The second-order valence-electron chi connectivity index (χ2n) is 7.09. The van der Waals surface area contributed by atoms with E-state index in [0.717, 1.165) is 5.01 Å². The van der Waals surface area contributed by atoms with Crippen molar-refractivity contribution in [3.05, 3.63) is 58.2 Å². The van der Waals surface area contributed by atoms with Crippen LogP contribution >= 0.6 is 0 Å². The number of fused-ring (bicyclic) bond motifs is 1. The van der Waals surface area contributed by atoms with E-state index in [4.69, 9.17) is 9.47 Å². The van der Waals surface area contributed by atoms with E-state index in [2.05, 4.69) is 5.43 Å². The topological polar surface area (TPSA) is 131 Å². The average molecular weight is 444 g/mol. The molecule has 0 saturated heterocycles. The maximum Gasteiger partial charge on any atom is 0.429 e. The zero-order chi connectivity index (χ0) is 23.4. The number of carbonyl (C=O) groups excluding carboxylic acids is 3. The average Bonchev–Trinajstić information content (AvgIpc) is 3.31. The number of hydrazine groups is 1. The van der Waals surface area contributed by atoms with Gasteiger partial charge in [0.1, 0.15) is 0 Å². The summed E-state index contributed by atoms with van der Waals surface area (Å²) in [4.78, 5) is 49.3. The molecule has 11 nitrogen and oxygen atoms in total. The molecular weight excluding hydrogens is 420 g/mol. The molecule has 3 amide bonds. The Morgan fingerprint density at radius 1 is 1.19 bits per heavy atom. The van der Waals surface area contributed by atoms with Gasteiger partial charge >= 0.3 is 12.2 Å². The number of nitrogens with one attached hydrogen (secondary N) is 1. The number of nitro benzene ring substituents is 1. The predicted octanol–water partition coefficient (Wildman–Crippen LogP) is 2.84. The van der Waals surface area contributed by atoms with E-state index in [1.54, 1.807) is 44.2 Å². The maximum atomic E-state index is 12.6. The van der Waals surface area contributed by atoms with Crippen LogP contribution in [0.25, 0.3) is 5.70 Å². The minimum absolute atomic E-state index is 0.0959. The number of rotatable bonds is 5. The molecule has 1 unspecified atom stereocenters. The summed E-state index contributed by atoms with van der Waals surface area (Å²) < 4.78 is 9.97. The summed E-state index contributed by atoms with van der Waals surface area (Å²) in [6.07, 6.45) is 3.64. The van der Waals surface area contributed by atoms with Gasteiger partial charge in [-0.1, -0.05) is 30.4 Å². The molecule has 1 aromatic carbocycles. The van der Waals surface area contributed by atoms with E-state index in [9.17, 15) is 24.5 Å². The van der Waals surface area contributed by atoms with Gasteiger partial charge in [0.2, 0.25) is 5.91 Å². The number of hydrogen-bond acceptors (Lipinski definition) is 7. The zero-order valence-corrected chi connectivity index (χ0v) is 17.9. The molecular formula is C21H24N4O7. The molecule has 1 aromatic rings. The van der Waals surface area contributed by atoms with Crippen LogP contribution in [0, 0.1) is 16.0 Å². The van der Waals surface area contributed by atoms with Crippen LogP contribution < -0.4 is 5.43 Å². The highest BCUT2D eigenvalue weighted by molar-refractivity contribution is 5.88. The van der Waals surface area contributed by atoms with Crippen molar-refractivity contribution in [2.75, 3.05) is 13.2 Å². The Balaban J connectivity index is 1.97. The van der Waals surface area contributed by atoms with E-state index in [1.807, 2.05) is 0 Å². The van der Waals surface area contributed by atoms with Gasteiger partial charge in [-0.15, -0.1) is 0 Å². The quantitative estimate of drug-likeness (QED) is 0.420. The lowest BCUT2D eigenvalue weighted by Crippen LogP contribution is -2.54. The second-order valence-corrected chi connectivity index (χ2v) is 7.09. The molecule has 1 aliphatic heterocycles. The van der Waals surface area contributed by atoms with Crippen molar-refractivity contribution in [2.45, 2.75) is 32.9 Å². The molecule has 0 saturated carbocycles. The molecule has 0 fully saturated rings. The summed E-state index contributed by atoms with van der Waals surface area (Å²) in [7, 11) is 0. The summed E-state index contributed by atoms with van der Waals surface area (Å²) in [5, 5.41) is 12.2. The van der Waals surface area contributed by atoms with Crippen LogP contribution in [0.3, 0.4) is 0 Å². The SMILES string of the molecule is CCOC(=O)NN(C(=O)OCC)C1C=C[C@@H]2[C@H]1C=C(c1cccc([N+](=O)[O-])c1)N2C(C)=O. The third-order valence-electron chi connectivity index (χ3n) is 5.14. The molecule has 0 radical (unpaired) electrons. The number of ether oxygens (including phenoxy) is 2. The molecule has 3 atom stereocenters. The van der Waals surface area contributed by atoms with Gasteiger partial charge in [-0.05, 0) is 13.8 Å². The monoisotopic (exact) mass is 444 g/mol. The number of amides is 3. The highest BCUT2D eigenvalue weighted by Crippen LogP contribution is 2.41. The highest BCUT2D eigenvalue weighted by atomic mass is 16.6. The van der Waals surface area contributed by atoms with Gasteiger partial charge in [0, 0.05) is 36.2 Å². The van der Waals surface area contributed by atoms with Crippen LogP contribution in [0.4, 0.5) is 15.3 Å². The molecule has 0 bridgehead atoms. The fourth-order valence-corrected chi connectivity index (χ4v) is 3.91. The third kappa shape index (κ3) is 4.41. The van der Waals surface area contributed by atoms with Gasteiger partial charge in [-0.3, -0.25) is 14.9 Å². The van der Waals surface area contributed by atoms with Crippen molar-refractivity contribution >= 4 is 29.5 Å². The molecule has 0 aromatic heterocycles. The molecule has 1 heterocycles. The molecule has 2 aliphatic rings. The van der Waals surface area contributed by atoms with Gasteiger partial charge < -0.3 is 14.4 Å². The first-order chi connectivity index (χ1) is 15.3. The van der Waals surface area contributed by atoms with Crippen molar-refractivity contribution in [1.29, 1.82) is 0 Å². The van der Waals surface area contributed by atoms with Crippen LogP contribution in [0.1, 0.15) is 26.3 Å². The smallest absolute Gasteiger partial charge is 0.429 e. The first-order valence-electron chi connectivity index (χ1n) is 10.1. The molecule has 32 heavy (non-hydrogen) atoms. The Morgan fingerprint density at radius 2 is 1.91 bits per heavy atom. The summed E-state index contributed by atoms with van der Waals surface area (Å²) in [6.45, 7) is 4.88. The van der Waals surface area contributed by atoms with Crippen LogP contribution in [0.15, 0.2) is 42.5 Å². The summed E-state index contributed by atoms with van der Waals surface area (Å²) >= 11 is 0. The first-order valence-corrected chi connectivity index (χ1v) is 10.1. The number of nitro groups is 1. The Hall–Kier alpha value is -3.89. The fraction of sp³-hybridized carbons (Fsp3) is 0.381. The maximum absolute atomic E-state index is 12.6. The Morgan fingerprint density at radius 3 is 2.53 bits per heavy atom. The van der Waals surface area contributed by atoms with E-state index in [0.29, 0.717) is 11.3 Å². The number of non-ortho nitro benzene ring substituents is 1. The van der Waals surface area contributed by atoms with Crippen LogP contribution in [-0.4, -0.2) is 58.2 Å².